The van der Waals surface area contributed by atoms with E-state index in [9.17, 15) is 5.11 Å². The van der Waals surface area contributed by atoms with E-state index in [2.05, 4.69) is 24.0 Å². The smallest absolute Gasteiger partial charge is 0.0919 e. The molecular formula is C17H21NOS2. The lowest BCUT2D eigenvalue weighted by Crippen LogP contribution is -2.31. The van der Waals surface area contributed by atoms with Crippen molar-refractivity contribution in [2.24, 2.45) is 0 Å². The highest BCUT2D eigenvalue weighted by atomic mass is 32.2. The number of aliphatic hydroxyl groups is 1. The molecule has 2 heterocycles. The zero-order valence-electron chi connectivity index (χ0n) is 12.5. The van der Waals surface area contributed by atoms with Gasteiger partial charge in [-0.2, -0.15) is 23.5 Å². The lowest BCUT2D eigenvalue weighted by atomic mass is 10.0. The summed E-state index contributed by atoms with van der Waals surface area (Å²) in [5, 5.41) is 12.8. The molecule has 1 aliphatic heterocycles. The molecule has 1 aromatic heterocycles. The predicted octanol–water partition coefficient (Wildman–Crippen LogP) is 4.20. The van der Waals surface area contributed by atoms with Crippen LogP contribution >= 0.6 is 23.5 Å². The van der Waals surface area contributed by atoms with Crippen molar-refractivity contribution < 1.29 is 5.11 Å². The number of rotatable bonds is 3. The molecule has 1 fully saturated rings. The molecule has 2 aromatic rings. The van der Waals surface area contributed by atoms with Gasteiger partial charge in [-0.25, -0.2) is 0 Å². The van der Waals surface area contributed by atoms with Gasteiger partial charge >= 0.3 is 0 Å². The standard InChI is InChI=1S/C17H21NOS2/c1-3-15-17(21-9-8-20-15)16(19)13-6-7-14-12(10-13)5-4-11(2)18-14/h4-7,10,15-17,19H,3,8-9H2,1-2H3. The summed E-state index contributed by atoms with van der Waals surface area (Å²) in [6.07, 6.45) is 0.728. The first-order chi connectivity index (χ1) is 10.2. The normalized spacial score (nSPS) is 24.1. The van der Waals surface area contributed by atoms with Crippen molar-refractivity contribution in [3.8, 4) is 0 Å². The van der Waals surface area contributed by atoms with Crippen LogP contribution in [0.3, 0.4) is 0 Å². The predicted molar refractivity (Wildman–Crippen MR) is 94.2 cm³/mol. The molecule has 0 radical (unpaired) electrons. The number of benzene rings is 1. The molecule has 1 N–H and O–H groups in total. The monoisotopic (exact) mass is 319 g/mol. The average molecular weight is 319 g/mol. The second kappa shape index (κ2) is 6.59. The Morgan fingerprint density at radius 2 is 2.05 bits per heavy atom. The third-order valence-corrected chi connectivity index (χ3v) is 7.34. The molecule has 3 atom stereocenters. The Morgan fingerprint density at radius 3 is 2.86 bits per heavy atom. The van der Waals surface area contributed by atoms with Crippen LogP contribution in [0.15, 0.2) is 30.3 Å². The Bertz CT molecular complexity index is 631. The van der Waals surface area contributed by atoms with Crippen LogP contribution in [0.5, 0.6) is 0 Å². The number of thioether (sulfide) groups is 2. The van der Waals surface area contributed by atoms with E-state index in [4.69, 9.17) is 0 Å². The second-order valence-corrected chi connectivity index (χ2v) is 8.14. The van der Waals surface area contributed by atoms with Crippen molar-refractivity contribution in [1.82, 2.24) is 4.98 Å². The molecule has 0 saturated carbocycles. The van der Waals surface area contributed by atoms with Gasteiger partial charge in [0.05, 0.1) is 11.6 Å². The molecule has 3 unspecified atom stereocenters. The second-order valence-electron chi connectivity index (χ2n) is 5.50. The fourth-order valence-electron chi connectivity index (χ4n) is 2.85. The third-order valence-electron chi connectivity index (χ3n) is 4.00. The molecule has 21 heavy (non-hydrogen) atoms. The van der Waals surface area contributed by atoms with E-state index in [0.29, 0.717) is 10.5 Å². The number of aromatic nitrogens is 1. The summed E-state index contributed by atoms with van der Waals surface area (Å²) in [4.78, 5) is 4.53. The first-order valence-electron chi connectivity index (χ1n) is 7.47. The molecule has 112 valence electrons. The van der Waals surface area contributed by atoms with Crippen molar-refractivity contribution in [2.45, 2.75) is 36.9 Å². The van der Waals surface area contributed by atoms with E-state index in [1.165, 1.54) is 5.75 Å². The van der Waals surface area contributed by atoms with Crippen LogP contribution in [0.25, 0.3) is 10.9 Å². The highest BCUT2D eigenvalue weighted by Gasteiger charge is 2.31. The first kappa shape index (κ1) is 15.2. The summed E-state index contributed by atoms with van der Waals surface area (Å²) in [6, 6.07) is 10.3. The van der Waals surface area contributed by atoms with Crippen LogP contribution in [0.2, 0.25) is 0 Å². The Balaban J connectivity index is 1.89. The minimum atomic E-state index is -0.390. The third kappa shape index (κ3) is 3.22. The van der Waals surface area contributed by atoms with Gasteiger partial charge in [0, 0.05) is 33.1 Å². The molecule has 3 rings (SSSR count). The van der Waals surface area contributed by atoms with Crippen molar-refractivity contribution in [3.05, 3.63) is 41.6 Å². The van der Waals surface area contributed by atoms with Crippen LogP contribution in [0.4, 0.5) is 0 Å². The summed E-state index contributed by atoms with van der Waals surface area (Å²) < 4.78 is 0. The van der Waals surface area contributed by atoms with Crippen LogP contribution in [-0.4, -0.2) is 32.1 Å². The highest BCUT2D eigenvalue weighted by molar-refractivity contribution is 8.07. The van der Waals surface area contributed by atoms with Crippen LogP contribution in [-0.2, 0) is 0 Å². The zero-order chi connectivity index (χ0) is 14.8. The maximum absolute atomic E-state index is 10.8. The molecule has 2 nitrogen and oxygen atoms in total. The Kier molecular flexibility index (Phi) is 4.77. The van der Waals surface area contributed by atoms with Gasteiger partial charge in [0.1, 0.15) is 0 Å². The van der Waals surface area contributed by atoms with Gasteiger partial charge in [-0.3, -0.25) is 4.98 Å². The molecule has 1 saturated heterocycles. The molecule has 0 aliphatic carbocycles. The van der Waals surface area contributed by atoms with E-state index in [1.807, 2.05) is 48.6 Å². The van der Waals surface area contributed by atoms with E-state index in [0.717, 1.165) is 34.3 Å². The molecule has 1 aromatic carbocycles. The number of hydrogen-bond donors (Lipinski definition) is 1. The average Bonchev–Trinajstić information content (AvgIpc) is 2.53. The van der Waals surface area contributed by atoms with Gasteiger partial charge in [-0.1, -0.05) is 19.1 Å². The number of aryl methyl sites for hydroxylation is 1. The number of pyridine rings is 1. The van der Waals surface area contributed by atoms with E-state index in [-0.39, 0.29) is 0 Å². The minimum absolute atomic E-state index is 0.296. The van der Waals surface area contributed by atoms with E-state index in [1.54, 1.807) is 0 Å². The van der Waals surface area contributed by atoms with Gasteiger partial charge in [0.15, 0.2) is 0 Å². The number of hydrogen-bond acceptors (Lipinski definition) is 4. The summed E-state index contributed by atoms with van der Waals surface area (Å²) in [6.45, 7) is 4.22. The van der Waals surface area contributed by atoms with Crippen LogP contribution in [0.1, 0.15) is 30.7 Å². The minimum Gasteiger partial charge on any atom is -0.387 e. The van der Waals surface area contributed by atoms with Gasteiger partial charge in [-0.15, -0.1) is 0 Å². The lowest BCUT2D eigenvalue weighted by molar-refractivity contribution is 0.172. The Labute approximate surface area is 134 Å². The summed E-state index contributed by atoms with van der Waals surface area (Å²) >= 11 is 3.93. The van der Waals surface area contributed by atoms with Gasteiger partial charge in [0.25, 0.3) is 0 Å². The number of aliphatic hydroxyl groups excluding tert-OH is 1. The maximum atomic E-state index is 10.8. The van der Waals surface area contributed by atoms with Gasteiger partial charge in [-0.05, 0) is 37.1 Å². The topological polar surface area (TPSA) is 33.1 Å². The molecule has 4 heteroatoms. The van der Waals surface area contributed by atoms with Crippen LogP contribution in [0, 0.1) is 6.92 Å². The van der Waals surface area contributed by atoms with Crippen molar-refractivity contribution >= 4 is 34.4 Å². The number of nitrogens with zero attached hydrogens (tertiary/aromatic N) is 1. The fourth-order valence-corrected chi connectivity index (χ4v) is 5.99. The quantitative estimate of drug-likeness (QED) is 0.919. The number of fused-ring (bicyclic) bond motifs is 1. The van der Waals surface area contributed by atoms with Crippen molar-refractivity contribution in [2.75, 3.05) is 11.5 Å². The molecule has 0 amide bonds. The fraction of sp³-hybridized carbons (Fsp3) is 0.471. The largest absolute Gasteiger partial charge is 0.387 e. The van der Waals surface area contributed by atoms with Crippen molar-refractivity contribution in [1.29, 1.82) is 0 Å². The summed E-state index contributed by atoms with van der Waals surface area (Å²) in [7, 11) is 0. The maximum Gasteiger partial charge on any atom is 0.0919 e. The van der Waals surface area contributed by atoms with E-state index >= 15 is 0 Å². The van der Waals surface area contributed by atoms with Gasteiger partial charge < -0.3 is 5.11 Å². The Morgan fingerprint density at radius 1 is 1.24 bits per heavy atom. The SMILES string of the molecule is CCC1SCCSC1C(O)c1ccc2nc(C)ccc2c1. The molecular weight excluding hydrogens is 298 g/mol. The van der Waals surface area contributed by atoms with Gasteiger partial charge in [0.2, 0.25) is 0 Å². The van der Waals surface area contributed by atoms with Crippen molar-refractivity contribution in [3.63, 3.8) is 0 Å². The molecule has 0 bridgehead atoms. The highest BCUT2D eigenvalue weighted by Crippen LogP contribution is 2.40. The zero-order valence-corrected chi connectivity index (χ0v) is 14.1. The Hall–Kier alpha value is -0.710. The summed E-state index contributed by atoms with van der Waals surface area (Å²) in [5.41, 5.74) is 3.05. The summed E-state index contributed by atoms with van der Waals surface area (Å²) in [5.74, 6) is 2.34. The lowest BCUT2D eigenvalue weighted by Gasteiger charge is -2.33. The molecule has 0 spiro atoms. The first-order valence-corrected chi connectivity index (χ1v) is 9.57. The van der Waals surface area contributed by atoms with E-state index < -0.39 is 6.10 Å². The molecule has 1 aliphatic rings. The van der Waals surface area contributed by atoms with Crippen LogP contribution < -0.4 is 0 Å².